The van der Waals surface area contributed by atoms with Crippen LogP contribution in [0.1, 0.15) is 68.4 Å². The van der Waals surface area contributed by atoms with Gasteiger partial charge in [-0.2, -0.15) is 0 Å². The van der Waals surface area contributed by atoms with Gasteiger partial charge in [-0.1, -0.05) is 6.07 Å². The van der Waals surface area contributed by atoms with Gasteiger partial charge in [0.15, 0.2) is 17.6 Å². The number of aliphatic hydroxyl groups excluding tert-OH is 1. The Kier molecular flexibility index (Phi) is 6.58. The van der Waals surface area contributed by atoms with Gasteiger partial charge >= 0.3 is 0 Å². The molecule has 2 aliphatic carbocycles. The second-order valence-electron chi connectivity index (χ2n) is 12.6. The van der Waals surface area contributed by atoms with Crippen LogP contribution in [0.15, 0.2) is 47.7 Å². The van der Waals surface area contributed by atoms with Crippen LogP contribution in [0.5, 0.6) is 11.5 Å². The SMILES string of the molecule is C/C(C(=O)Nc1ccc(C(=O)NC(C)C)cc1)=C(/O)[C@@H]1Oc2c(O)ccc3c2[C@@]12CCN(CC1CC1)[C@H](C3)[C@@]2(C)O. The van der Waals surface area contributed by atoms with Crippen LogP contribution in [0.3, 0.4) is 0 Å². The molecule has 1 spiro atoms. The maximum atomic E-state index is 13.3. The second kappa shape index (κ2) is 9.77. The Balaban J connectivity index is 1.31. The largest absolute Gasteiger partial charge is 0.508 e. The fraction of sp³-hybridized carbons (Fsp3) is 0.500. The van der Waals surface area contributed by atoms with E-state index in [0.717, 1.165) is 24.2 Å². The summed E-state index contributed by atoms with van der Waals surface area (Å²) in [5, 5.41) is 40.3. The third kappa shape index (κ3) is 4.37. The number of ether oxygens (including phenoxy) is 1. The number of nitrogens with zero attached hydrogens (tertiary/aromatic N) is 1. The summed E-state index contributed by atoms with van der Waals surface area (Å²) in [7, 11) is 0. The summed E-state index contributed by atoms with van der Waals surface area (Å²) in [6.45, 7) is 8.76. The summed E-state index contributed by atoms with van der Waals surface area (Å²) in [6.07, 6.45) is 2.51. The van der Waals surface area contributed by atoms with Gasteiger partial charge < -0.3 is 30.7 Å². The summed E-state index contributed by atoms with van der Waals surface area (Å²) in [5.41, 5.74) is 0.414. The van der Waals surface area contributed by atoms with E-state index in [0.29, 0.717) is 30.0 Å². The Bertz CT molecular complexity index is 1430. The molecule has 6 rings (SSSR count). The first-order valence-corrected chi connectivity index (χ1v) is 14.5. The third-order valence-electron chi connectivity index (χ3n) is 9.54. The summed E-state index contributed by atoms with van der Waals surface area (Å²) < 4.78 is 6.30. The fourth-order valence-electron chi connectivity index (χ4n) is 7.16. The lowest BCUT2D eigenvalue weighted by Crippen LogP contribution is -2.73. The lowest BCUT2D eigenvalue weighted by atomic mass is 9.53. The summed E-state index contributed by atoms with van der Waals surface area (Å²) in [6, 6.07) is 9.84. The highest BCUT2D eigenvalue weighted by atomic mass is 16.5. The molecule has 2 fully saturated rings. The van der Waals surface area contributed by atoms with Crippen LogP contribution >= 0.6 is 0 Å². The molecule has 2 amide bonds. The molecule has 2 bridgehead atoms. The zero-order valence-corrected chi connectivity index (χ0v) is 24.0. The minimum atomic E-state index is -1.28. The predicted molar refractivity (Wildman–Crippen MR) is 154 cm³/mol. The number of aliphatic hydroxyl groups is 2. The van der Waals surface area contributed by atoms with Crippen molar-refractivity contribution in [3.63, 3.8) is 0 Å². The van der Waals surface area contributed by atoms with Gasteiger partial charge in [0.2, 0.25) is 0 Å². The van der Waals surface area contributed by atoms with Crippen LogP contribution in [0, 0.1) is 5.92 Å². The Morgan fingerprint density at radius 1 is 1.15 bits per heavy atom. The number of fused-ring (bicyclic) bond motifs is 1. The number of benzene rings is 2. The van der Waals surface area contributed by atoms with Crippen molar-refractivity contribution < 1.29 is 29.6 Å². The molecule has 9 heteroatoms. The number of aromatic hydroxyl groups is 1. The standard InChI is InChI=1S/C32H39N3O6/c1-17(2)33-30(39)20-7-10-22(11-8-20)34-29(38)18(3)26(37)28-32-13-14-35(16-19-5-6-19)24(31(32,4)40)15-21-9-12-23(36)27(41-28)25(21)32/h7-12,17,19,24,28,36-37,40H,5-6,13-16H2,1-4H3,(H,33,39)(H,34,38)/b26-18-/t24-,28+,31-,32+/m1/s1. The van der Waals surface area contributed by atoms with Crippen LogP contribution in [0.25, 0.3) is 0 Å². The number of carbonyl (C=O) groups excluding carboxylic acids is 2. The number of phenols is 1. The zero-order valence-electron chi connectivity index (χ0n) is 24.0. The fourth-order valence-corrected chi connectivity index (χ4v) is 7.16. The zero-order chi connectivity index (χ0) is 29.3. The van der Waals surface area contributed by atoms with Crippen molar-refractivity contribution in [2.45, 2.75) is 82.6 Å². The highest BCUT2D eigenvalue weighted by Gasteiger charge is 2.69. The summed E-state index contributed by atoms with van der Waals surface area (Å²) in [4.78, 5) is 28.0. The van der Waals surface area contributed by atoms with Gasteiger partial charge in [0.05, 0.1) is 16.6 Å². The Morgan fingerprint density at radius 3 is 2.51 bits per heavy atom. The number of hydrogen-bond donors (Lipinski definition) is 5. The van der Waals surface area contributed by atoms with Crippen molar-refractivity contribution in [3.05, 3.63) is 64.4 Å². The molecule has 2 aromatic carbocycles. The first kappa shape index (κ1) is 27.6. The van der Waals surface area contributed by atoms with Crippen LogP contribution < -0.4 is 15.4 Å². The first-order chi connectivity index (χ1) is 19.4. The van der Waals surface area contributed by atoms with Gasteiger partial charge in [-0.3, -0.25) is 14.5 Å². The quantitative estimate of drug-likeness (QED) is 0.257. The molecular formula is C32H39N3O6. The number of likely N-dealkylation sites (tertiary alicyclic amines) is 1. The van der Waals surface area contributed by atoms with Crippen molar-refractivity contribution in [2.24, 2.45) is 5.92 Å². The maximum absolute atomic E-state index is 13.3. The smallest absolute Gasteiger partial charge is 0.254 e. The Morgan fingerprint density at radius 2 is 1.85 bits per heavy atom. The number of amides is 2. The number of nitrogens with one attached hydrogen (secondary N) is 2. The highest BCUT2D eigenvalue weighted by molar-refractivity contribution is 6.04. The van der Waals surface area contributed by atoms with Crippen LogP contribution in [0.4, 0.5) is 5.69 Å². The van der Waals surface area contributed by atoms with Gasteiger partial charge in [0.25, 0.3) is 11.8 Å². The number of phenolic OH excluding ortho intramolecular Hbond substituents is 1. The maximum Gasteiger partial charge on any atom is 0.254 e. The molecular weight excluding hydrogens is 522 g/mol. The Labute approximate surface area is 240 Å². The molecule has 9 nitrogen and oxygen atoms in total. The summed E-state index contributed by atoms with van der Waals surface area (Å²) in [5.74, 6) is -0.111. The molecule has 4 atom stereocenters. The van der Waals surface area contributed by atoms with E-state index in [-0.39, 0.29) is 40.8 Å². The van der Waals surface area contributed by atoms with E-state index >= 15 is 0 Å². The van der Waals surface area contributed by atoms with E-state index in [9.17, 15) is 24.9 Å². The number of rotatable bonds is 7. The molecule has 2 aliphatic heterocycles. The van der Waals surface area contributed by atoms with E-state index in [2.05, 4.69) is 15.5 Å². The lowest BCUT2D eigenvalue weighted by Gasteiger charge is -2.59. The number of hydrogen-bond acceptors (Lipinski definition) is 7. The van der Waals surface area contributed by atoms with Crippen molar-refractivity contribution in [1.82, 2.24) is 10.2 Å². The van der Waals surface area contributed by atoms with Crippen LogP contribution in [-0.4, -0.2) is 68.9 Å². The van der Waals surface area contributed by atoms with E-state index in [1.807, 2.05) is 26.8 Å². The molecule has 0 radical (unpaired) electrons. The van der Waals surface area contributed by atoms with Crippen molar-refractivity contribution >= 4 is 17.5 Å². The molecule has 218 valence electrons. The van der Waals surface area contributed by atoms with E-state index < -0.39 is 23.0 Å². The van der Waals surface area contributed by atoms with Crippen molar-refractivity contribution in [2.75, 3.05) is 18.4 Å². The molecule has 2 aromatic rings. The highest BCUT2D eigenvalue weighted by Crippen LogP contribution is 2.63. The molecule has 1 saturated carbocycles. The molecule has 2 heterocycles. The van der Waals surface area contributed by atoms with Crippen LogP contribution in [0.2, 0.25) is 0 Å². The van der Waals surface area contributed by atoms with E-state index in [1.54, 1.807) is 30.3 Å². The van der Waals surface area contributed by atoms with Gasteiger partial charge in [-0.05, 0) is 102 Å². The monoisotopic (exact) mass is 561 g/mol. The first-order valence-electron chi connectivity index (χ1n) is 14.5. The van der Waals surface area contributed by atoms with E-state index in [4.69, 9.17) is 4.74 Å². The Hall–Kier alpha value is -3.56. The third-order valence-corrected chi connectivity index (χ3v) is 9.54. The number of anilines is 1. The van der Waals surface area contributed by atoms with Gasteiger partial charge in [-0.15, -0.1) is 0 Å². The molecule has 5 N–H and O–H groups in total. The van der Waals surface area contributed by atoms with Gasteiger partial charge in [0.1, 0.15) is 5.76 Å². The summed E-state index contributed by atoms with van der Waals surface area (Å²) >= 11 is 0. The van der Waals surface area contributed by atoms with Gasteiger partial charge in [0, 0.05) is 35.4 Å². The lowest BCUT2D eigenvalue weighted by molar-refractivity contribution is -0.153. The average Bonchev–Trinajstić information content (AvgIpc) is 3.66. The van der Waals surface area contributed by atoms with Crippen LogP contribution in [-0.2, 0) is 16.6 Å². The molecule has 1 saturated heterocycles. The topological polar surface area (TPSA) is 131 Å². The molecule has 0 unspecified atom stereocenters. The average molecular weight is 562 g/mol. The normalized spacial score (nSPS) is 28.9. The molecule has 4 aliphatic rings. The van der Waals surface area contributed by atoms with Crippen molar-refractivity contribution in [1.29, 1.82) is 0 Å². The van der Waals surface area contributed by atoms with Crippen molar-refractivity contribution in [3.8, 4) is 11.5 Å². The second-order valence-corrected chi connectivity index (χ2v) is 12.6. The minimum Gasteiger partial charge on any atom is -0.508 e. The minimum absolute atomic E-state index is 0.00435. The number of piperidine rings is 1. The van der Waals surface area contributed by atoms with Gasteiger partial charge in [-0.25, -0.2) is 0 Å². The van der Waals surface area contributed by atoms with E-state index in [1.165, 1.54) is 19.8 Å². The molecule has 41 heavy (non-hydrogen) atoms. The number of carbonyl (C=O) groups is 2. The molecule has 0 aromatic heterocycles. The predicted octanol–water partition coefficient (Wildman–Crippen LogP) is 3.79.